The molecule has 0 aliphatic heterocycles. The average Bonchev–Trinajstić information content (AvgIpc) is 3.42. The maximum Gasteiger partial charge on any atom is 0.213 e. The van der Waals surface area contributed by atoms with E-state index >= 15 is 0 Å². The van der Waals surface area contributed by atoms with Crippen LogP contribution in [0.25, 0.3) is 0 Å². The number of nitrogens with zero attached hydrogens (tertiary/aromatic N) is 2. The summed E-state index contributed by atoms with van der Waals surface area (Å²) in [5, 5.41) is 6.67. The standard InChI is InChI=1S/C18H30N4O2S/c1-4-25(23,24)22(3)14-8-13-20-17(19-2)21-15-18(11-12-18)16-9-6-5-7-10-16/h5-7,9-10H,4,8,11-15H2,1-3H3,(H2,19,20,21). The van der Waals surface area contributed by atoms with Gasteiger partial charge in [-0.2, -0.15) is 0 Å². The molecule has 7 heteroatoms. The van der Waals surface area contributed by atoms with E-state index in [1.54, 1.807) is 21.0 Å². The summed E-state index contributed by atoms with van der Waals surface area (Å²) in [6, 6.07) is 10.6. The number of nitrogens with one attached hydrogen (secondary N) is 2. The maximum absolute atomic E-state index is 11.7. The summed E-state index contributed by atoms with van der Waals surface area (Å²) in [5.74, 6) is 0.907. The number of guanidine groups is 1. The van der Waals surface area contributed by atoms with Crippen molar-refractivity contribution in [3.63, 3.8) is 0 Å². The molecule has 0 amide bonds. The molecule has 0 unspecified atom stereocenters. The Morgan fingerprint density at radius 2 is 1.92 bits per heavy atom. The van der Waals surface area contributed by atoms with Gasteiger partial charge in [0.15, 0.2) is 5.96 Å². The Hall–Kier alpha value is -1.60. The molecule has 1 aliphatic carbocycles. The molecule has 0 heterocycles. The van der Waals surface area contributed by atoms with Gasteiger partial charge in [-0.3, -0.25) is 4.99 Å². The van der Waals surface area contributed by atoms with Gasteiger partial charge in [-0.1, -0.05) is 30.3 Å². The van der Waals surface area contributed by atoms with Gasteiger partial charge in [-0.15, -0.1) is 0 Å². The first kappa shape index (κ1) is 19.7. The number of benzene rings is 1. The molecule has 25 heavy (non-hydrogen) atoms. The molecule has 0 atom stereocenters. The number of rotatable bonds is 9. The largest absolute Gasteiger partial charge is 0.356 e. The Labute approximate surface area is 151 Å². The van der Waals surface area contributed by atoms with Crippen molar-refractivity contribution in [3.8, 4) is 0 Å². The van der Waals surface area contributed by atoms with E-state index in [1.807, 2.05) is 6.07 Å². The summed E-state index contributed by atoms with van der Waals surface area (Å²) in [6.07, 6.45) is 3.13. The highest BCUT2D eigenvalue weighted by atomic mass is 32.2. The van der Waals surface area contributed by atoms with Crippen molar-refractivity contribution in [2.75, 3.05) is 39.5 Å². The predicted molar refractivity (Wildman–Crippen MR) is 103 cm³/mol. The summed E-state index contributed by atoms with van der Waals surface area (Å²) in [4.78, 5) is 4.26. The van der Waals surface area contributed by atoms with Crippen LogP contribution >= 0.6 is 0 Å². The van der Waals surface area contributed by atoms with Crippen molar-refractivity contribution in [3.05, 3.63) is 35.9 Å². The zero-order chi connectivity index (χ0) is 18.3. The quantitative estimate of drug-likeness (QED) is 0.395. The Kier molecular flexibility index (Phi) is 6.84. The Bertz CT molecular complexity index is 670. The minimum Gasteiger partial charge on any atom is -0.356 e. The number of sulfonamides is 1. The number of aliphatic imine (C=N–C) groups is 1. The van der Waals surface area contributed by atoms with Crippen molar-refractivity contribution < 1.29 is 8.42 Å². The second-order valence-corrected chi connectivity index (χ2v) is 8.94. The van der Waals surface area contributed by atoms with Crippen LogP contribution in [0.15, 0.2) is 35.3 Å². The third kappa shape index (κ3) is 5.44. The molecule has 1 aliphatic rings. The summed E-state index contributed by atoms with van der Waals surface area (Å²) < 4.78 is 24.8. The van der Waals surface area contributed by atoms with Crippen LogP contribution < -0.4 is 10.6 Å². The molecule has 0 radical (unpaired) electrons. The molecule has 0 saturated heterocycles. The van der Waals surface area contributed by atoms with Gasteiger partial charge in [-0.05, 0) is 31.7 Å². The molecular weight excluding hydrogens is 336 g/mol. The topological polar surface area (TPSA) is 73.8 Å². The van der Waals surface area contributed by atoms with Crippen molar-refractivity contribution in [2.24, 2.45) is 4.99 Å². The van der Waals surface area contributed by atoms with Crippen LogP contribution in [0.4, 0.5) is 0 Å². The zero-order valence-corrected chi connectivity index (χ0v) is 16.3. The van der Waals surface area contributed by atoms with Crippen LogP contribution in [0, 0.1) is 0 Å². The first-order chi connectivity index (χ1) is 11.9. The van der Waals surface area contributed by atoms with E-state index in [0.717, 1.165) is 18.9 Å². The van der Waals surface area contributed by atoms with E-state index in [9.17, 15) is 8.42 Å². The SMILES string of the molecule is CCS(=O)(=O)N(C)CCCNC(=NC)NCC1(c2ccccc2)CC1. The fourth-order valence-electron chi connectivity index (χ4n) is 2.85. The highest BCUT2D eigenvalue weighted by molar-refractivity contribution is 7.89. The lowest BCUT2D eigenvalue weighted by Gasteiger charge is -2.20. The van der Waals surface area contributed by atoms with Crippen LogP contribution in [-0.4, -0.2) is 58.2 Å². The van der Waals surface area contributed by atoms with Gasteiger partial charge in [0.2, 0.25) is 10.0 Å². The molecule has 1 saturated carbocycles. The molecule has 0 spiro atoms. The monoisotopic (exact) mass is 366 g/mol. The Morgan fingerprint density at radius 3 is 2.48 bits per heavy atom. The first-order valence-electron chi connectivity index (χ1n) is 8.87. The zero-order valence-electron chi connectivity index (χ0n) is 15.5. The number of hydrogen-bond donors (Lipinski definition) is 2. The molecule has 6 nitrogen and oxygen atoms in total. The van der Waals surface area contributed by atoms with Crippen molar-refractivity contribution in [2.45, 2.75) is 31.6 Å². The fraction of sp³-hybridized carbons (Fsp3) is 0.611. The van der Waals surface area contributed by atoms with Crippen LogP contribution in [0.3, 0.4) is 0 Å². The molecule has 0 aromatic heterocycles. The lowest BCUT2D eigenvalue weighted by atomic mass is 9.96. The van der Waals surface area contributed by atoms with Crippen LogP contribution in [0.1, 0.15) is 31.7 Å². The summed E-state index contributed by atoms with van der Waals surface area (Å²) >= 11 is 0. The fourth-order valence-corrected chi connectivity index (χ4v) is 3.70. The van der Waals surface area contributed by atoms with Gasteiger partial charge >= 0.3 is 0 Å². The molecular formula is C18H30N4O2S. The molecule has 1 fully saturated rings. The highest BCUT2D eigenvalue weighted by Crippen LogP contribution is 2.47. The van der Waals surface area contributed by atoms with Gasteiger partial charge < -0.3 is 10.6 Å². The van der Waals surface area contributed by atoms with Gasteiger partial charge in [0.1, 0.15) is 0 Å². The lowest BCUT2D eigenvalue weighted by molar-refractivity contribution is 0.461. The summed E-state index contributed by atoms with van der Waals surface area (Å²) in [5.41, 5.74) is 1.61. The summed E-state index contributed by atoms with van der Waals surface area (Å²) in [6.45, 7) is 3.72. The van der Waals surface area contributed by atoms with E-state index in [0.29, 0.717) is 13.1 Å². The van der Waals surface area contributed by atoms with Crippen LogP contribution in [0.2, 0.25) is 0 Å². The predicted octanol–water partition coefficient (Wildman–Crippen LogP) is 1.55. The van der Waals surface area contributed by atoms with Crippen LogP contribution in [-0.2, 0) is 15.4 Å². The smallest absolute Gasteiger partial charge is 0.213 e. The average molecular weight is 367 g/mol. The second-order valence-electron chi connectivity index (χ2n) is 6.57. The van der Waals surface area contributed by atoms with E-state index in [1.165, 1.54) is 22.7 Å². The van der Waals surface area contributed by atoms with Gasteiger partial charge in [0.25, 0.3) is 0 Å². The second kappa shape index (κ2) is 8.67. The van der Waals surface area contributed by atoms with Crippen molar-refractivity contribution in [1.29, 1.82) is 0 Å². The molecule has 2 rings (SSSR count). The minimum absolute atomic E-state index is 0.141. The van der Waals surface area contributed by atoms with Gasteiger partial charge in [0, 0.05) is 39.1 Å². The minimum atomic E-state index is -3.10. The highest BCUT2D eigenvalue weighted by Gasteiger charge is 2.43. The molecule has 0 bridgehead atoms. The Balaban J connectivity index is 1.73. The van der Waals surface area contributed by atoms with E-state index in [4.69, 9.17) is 0 Å². The van der Waals surface area contributed by atoms with E-state index in [-0.39, 0.29) is 11.2 Å². The third-order valence-corrected chi connectivity index (χ3v) is 6.70. The molecule has 1 aromatic rings. The van der Waals surface area contributed by atoms with Crippen molar-refractivity contribution in [1.82, 2.24) is 14.9 Å². The van der Waals surface area contributed by atoms with Crippen molar-refractivity contribution >= 4 is 16.0 Å². The van der Waals surface area contributed by atoms with Crippen LogP contribution in [0.5, 0.6) is 0 Å². The maximum atomic E-state index is 11.7. The molecule has 140 valence electrons. The summed E-state index contributed by atoms with van der Waals surface area (Å²) in [7, 11) is 0.286. The normalized spacial score (nSPS) is 16.7. The lowest BCUT2D eigenvalue weighted by Crippen LogP contribution is -2.42. The van der Waals surface area contributed by atoms with Gasteiger partial charge in [0.05, 0.1) is 5.75 Å². The first-order valence-corrected chi connectivity index (χ1v) is 10.5. The van der Waals surface area contributed by atoms with Gasteiger partial charge in [-0.25, -0.2) is 12.7 Å². The molecule has 2 N–H and O–H groups in total. The van der Waals surface area contributed by atoms with E-state index < -0.39 is 10.0 Å². The number of hydrogen-bond acceptors (Lipinski definition) is 3. The third-order valence-electron chi connectivity index (χ3n) is 4.84. The van der Waals surface area contributed by atoms with E-state index in [2.05, 4.69) is 39.9 Å². The molecule has 1 aromatic carbocycles. The Morgan fingerprint density at radius 1 is 1.24 bits per heavy atom.